The molecule has 2 N–H and O–H groups in total. The van der Waals surface area contributed by atoms with Gasteiger partial charge in [-0.1, -0.05) is 45.0 Å². The zero-order valence-electron chi connectivity index (χ0n) is 15.2. The first kappa shape index (κ1) is 16.1. The third-order valence-corrected chi connectivity index (χ3v) is 7.61. The number of nitrogens with two attached hydrogens (primary N) is 1. The normalized spacial score (nSPS) is 37.2. The minimum Gasteiger partial charge on any atom is -0.339 e. The smallest absolute Gasteiger partial charge is 0.226 e. The summed E-state index contributed by atoms with van der Waals surface area (Å²) in [5, 5.41) is 0. The van der Waals surface area contributed by atoms with Crippen LogP contribution in [-0.4, -0.2) is 29.4 Å². The predicted octanol–water partition coefficient (Wildman–Crippen LogP) is 3.25. The Bertz CT molecular complexity index is 668. The van der Waals surface area contributed by atoms with E-state index in [-0.39, 0.29) is 22.8 Å². The Kier molecular flexibility index (Phi) is 3.58. The largest absolute Gasteiger partial charge is 0.339 e. The van der Waals surface area contributed by atoms with Gasteiger partial charge in [-0.2, -0.15) is 0 Å². The van der Waals surface area contributed by atoms with Crippen molar-refractivity contribution in [2.75, 3.05) is 6.54 Å². The maximum Gasteiger partial charge on any atom is 0.226 e. The van der Waals surface area contributed by atoms with E-state index in [0.717, 1.165) is 38.6 Å². The second kappa shape index (κ2) is 5.32. The summed E-state index contributed by atoms with van der Waals surface area (Å²) in [4.78, 5) is 15.4. The molecule has 0 radical (unpaired) electrons. The molecule has 4 atom stereocenters. The highest BCUT2D eigenvalue weighted by Gasteiger charge is 2.57. The van der Waals surface area contributed by atoms with Crippen molar-refractivity contribution < 1.29 is 4.79 Å². The number of piperidine rings is 1. The fourth-order valence-corrected chi connectivity index (χ4v) is 5.61. The van der Waals surface area contributed by atoms with Crippen LogP contribution < -0.4 is 5.73 Å². The van der Waals surface area contributed by atoms with Gasteiger partial charge >= 0.3 is 0 Å². The van der Waals surface area contributed by atoms with Crippen molar-refractivity contribution in [3.8, 4) is 0 Å². The molecule has 1 aromatic rings. The lowest BCUT2D eigenvalue weighted by Crippen LogP contribution is -2.65. The van der Waals surface area contributed by atoms with Crippen molar-refractivity contribution in [3.05, 3.63) is 35.4 Å². The van der Waals surface area contributed by atoms with Crippen LogP contribution in [0.3, 0.4) is 0 Å². The number of benzene rings is 1. The molecular formula is C21H30N2O. The molecule has 2 fully saturated rings. The lowest BCUT2D eigenvalue weighted by atomic mass is 9.51. The molecule has 1 aliphatic heterocycles. The first-order chi connectivity index (χ1) is 11.3. The number of hydrogen-bond acceptors (Lipinski definition) is 2. The summed E-state index contributed by atoms with van der Waals surface area (Å²) in [6.45, 7) is 8.04. The Balaban J connectivity index is 1.70. The molecule has 0 aromatic heterocycles. The fourth-order valence-electron chi connectivity index (χ4n) is 5.61. The molecule has 1 saturated carbocycles. The molecular weight excluding hydrogens is 296 g/mol. The Hall–Kier alpha value is -1.35. The molecule has 24 heavy (non-hydrogen) atoms. The Morgan fingerprint density at radius 1 is 1.21 bits per heavy atom. The fraction of sp³-hybridized carbons (Fsp3) is 0.667. The maximum atomic E-state index is 13.2. The molecule has 1 heterocycles. The number of amides is 1. The molecule has 3 heteroatoms. The summed E-state index contributed by atoms with van der Waals surface area (Å²) in [6.07, 6.45) is 4.88. The SMILES string of the molecule is CC1(C)[C@@H]2Cc3ccccc3[C@]1(C)CCN2C(=O)[C@@H]1CCC(N)C1. The molecule has 1 aromatic carbocycles. The lowest BCUT2D eigenvalue weighted by Gasteiger charge is -2.61. The van der Waals surface area contributed by atoms with Gasteiger partial charge in [-0.05, 0) is 48.6 Å². The van der Waals surface area contributed by atoms with Gasteiger partial charge in [0.15, 0.2) is 0 Å². The molecule has 1 unspecified atom stereocenters. The van der Waals surface area contributed by atoms with Crippen LogP contribution in [0.5, 0.6) is 0 Å². The van der Waals surface area contributed by atoms with Crippen LogP contribution in [0.4, 0.5) is 0 Å². The van der Waals surface area contributed by atoms with Crippen LogP contribution in [-0.2, 0) is 16.6 Å². The van der Waals surface area contributed by atoms with Crippen molar-refractivity contribution in [2.24, 2.45) is 17.1 Å². The molecule has 3 aliphatic rings. The number of rotatable bonds is 1. The van der Waals surface area contributed by atoms with Gasteiger partial charge in [0.05, 0.1) is 0 Å². The summed E-state index contributed by atoms with van der Waals surface area (Å²) >= 11 is 0. The third-order valence-electron chi connectivity index (χ3n) is 7.61. The number of hydrogen-bond donors (Lipinski definition) is 1. The summed E-state index contributed by atoms with van der Waals surface area (Å²) in [7, 11) is 0. The van der Waals surface area contributed by atoms with Crippen molar-refractivity contribution in [1.82, 2.24) is 4.90 Å². The van der Waals surface area contributed by atoms with E-state index in [1.54, 1.807) is 0 Å². The average molecular weight is 326 g/mol. The van der Waals surface area contributed by atoms with Crippen LogP contribution in [0.15, 0.2) is 24.3 Å². The van der Waals surface area contributed by atoms with Crippen LogP contribution in [0.1, 0.15) is 57.6 Å². The number of nitrogens with zero attached hydrogens (tertiary/aromatic N) is 1. The van der Waals surface area contributed by atoms with Gasteiger partial charge in [0.25, 0.3) is 0 Å². The number of carbonyl (C=O) groups is 1. The van der Waals surface area contributed by atoms with Gasteiger partial charge in [0.1, 0.15) is 0 Å². The van der Waals surface area contributed by atoms with Crippen LogP contribution in [0.25, 0.3) is 0 Å². The topological polar surface area (TPSA) is 46.3 Å². The van der Waals surface area contributed by atoms with Gasteiger partial charge in [-0.3, -0.25) is 4.79 Å². The van der Waals surface area contributed by atoms with E-state index in [1.807, 2.05) is 0 Å². The Morgan fingerprint density at radius 2 is 1.96 bits per heavy atom. The summed E-state index contributed by atoms with van der Waals surface area (Å²) in [5.74, 6) is 0.514. The first-order valence-corrected chi connectivity index (χ1v) is 9.49. The van der Waals surface area contributed by atoms with Crippen molar-refractivity contribution in [1.29, 1.82) is 0 Å². The number of fused-ring (bicyclic) bond motifs is 4. The van der Waals surface area contributed by atoms with E-state index in [0.29, 0.717) is 11.9 Å². The van der Waals surface area contributed by atoms with Gasteiger partial charge < -0.3 is 10.6 Å². The highest BCUT2D eigenvalue weighted by atomic mass is 16.2. The van der Waals surface area contributed by atoms with Crippen molar-refractivity contribution in [2.45, 2.75) is 70.4 Å². The van der Waals surface area contributed by atoms with E-state index in [4.69, 9.17) is 5.73 Å². The average Bonchev–Trinajstić information content (AvgIpc) is 2.97. The van der Waals surface area contributed by atoms with E-state index < -0.39 is 0 Å². The quantitative estimate of drug-likeness (QED) is 0.861. The zero-order chi connectivity index (χ0) is 17.1. The summed E-state index contributed by atoms with van der Waals surface area (Å²) in [6, 6.07) is 9.39. The lowest BCUT2D eigenvalue weighted by molar-refractivity contribution is -0.148. The summed E-state index contributed by atoms with van der Waals surface area (Å²) in [5.41, 5.74) is 9.24. The van der Waals surface area contributed by atoms with E-state index in [2.05, 4.69) is 49.9 Å². The molecule has 0 spiro atoms. The number of carbonyl (C=O) groups excluding carboxylic acids is 1. The number of likely N-dealkylation sites (tertiary alicyclic amines) is 1. The zero-order valence-corrected chi connectivity index (χ0v) is 15.2. The minimum absolute atomic E-state index is 0.0932. The molecule has 1 saturated heterocycles. The van der Waals surface area contributed by atoms with Gasteiger partial charge in [0.2, 0.25) is 5.91 Å². The minimum atomic E-state index is 0.0932. The highest BCUT2D eigenvalue weighted by molar-refractivity contribution is 5.80. The van der Waals surface area contributed by atoms with E-state index in [9.17, 15) is 4.79 Å². The third kappa shape index (κ3) is 2.10. The summed E-state index contributed by atoms with van der Waals surface area (Å²) < 4.78 is 0. The molecule has 130 valence electrons. The Labute approximate surface area is 145 Å². The second-order valence-corrected chi connectivity index (χ2v) is 8.98. The first-order valence-electron chi connectivity index (χ1n) is 9.49. The van der Waals surface area contributed by atoms with Crippen molar-refractivity contribution in [3.63, 3.8) is 0 Å². The predicted molar refractivity (Wildman–Crippen MR) is 96.7 cm³/mol. The van der Waals surface area contributed by atoms with Crippen molar-refractivity contribution >= 4 is 5.91 Å². The standard InChI is InChI=1S/C21H30N2O/c1-20(2)18-13-14-6-4-5-7-17(14)21(20,3)10-11-23(18)19(24)15-8-9-16(22)12-15/h4-7,15-16,18H,8-13,22H2,1-3H3/t15-,16?,18+,21+/m1/s1. The monoisotopic (exact) mass is 326 g/mol. The molecule has 2 aliphatic carbocycles. The highest BCUT2D eigenvalue weighted by Crippen LogP contribution is 2.56. The molecule has 4 rings (SSSR count). The molecule has 3 nitrogen and oxygen atoms in total. The molecule has 2 bridgehead atoms. The van der Waals surface area contributed by atoms with Crippen LogP contribution >= 0.6 is 0 Å². The Morgan fingerprint density at radius 3 is 2.67 bits per heavy atom. The molecule has 1 amide bonds. The van der Waals surface area contributed by atoms with Crippen LogP contribution in [0, 0.1) is 11.3 Å². The van der Waals surface area contributed by atoms with E-state index in [1.165, 1.54) is 11.1 Å². The van der Waals surface area contributed by atoms with Gasteiger partial charge in [0, 0.05) is 30.0 Å². The van der Waals surface area contributed by atoms with E-state index >= 15 is 0 Å². The van der Waals surface area contributed by atoms with Gasteiger partial charge in [-0.25, -0.2) is 0 Å². The van der Waals surface area contributed by atoms with Gasteiger partial charge in [-0.15, -0.1) is 0 Å². The maximum absolute atomic E-state index is 13.2. The second-order valence-electron chi connectivity index (χ2n) is 8.98. The van der Waals surface area contributed by atoms with Crippen LogP contribution in [0.2, 0.25) is 0 Å².